The molecule has 1 aromatic rings. The lowest BCUT2D eigenvalue weighted by Crippen LogP contribution is -2.43. The molecule has 20 heavy (non-hydrogen) atoms. The predicted octanol–water partition coefficient (Wildman–Crippen LogP) is 1.74. The number of aryl methyl sites for hydroxylation is 1. The molecular weight excluding hydrogens is 324 g/mol. The summed E-state index contributed by atoms with van der Waals surface area (Å²) in [6, 6.07) is 0. The monoisotopic (exact) mass is 344 g/mol. The molecule has 0 bridgehead atoms. The fraction of sp³-hybridized carbons (Fsp3) is 0.615. The maximum Gasteiger partial charge on any atom is 0.283 e. The molecule has 0 fully saturated rings. The van der Waals surface area contributed by atoms with Crippen LogP contribution < -0.4 is 16.2 Å². The van der Waals surface area contributed by atoms with E-state index in [1.54, 1.807) is 6.20 Å². The highest BCUT2D eigenvalue weighted by atomic mass is 79.9. The molecule has 1 heterocycles. The second kappa shape index (κ2) is 6.88. The van der Waals surface area contributed by atoms with E-state index >= 15 is 0 Å². The van der Waals surface area contributed by atoms with Gasteiger partial charge >= 0.3 is 0 Å². The van der Waals surface area contributed by atoms with E-state index in [1.165, 1.54) is 4.68 Å². The smallest absolute Gasteiger partial charge is 0.283 e. The Bertz CT molecular complexity index is 534. The highest BCUT2D eigenvalue weighted by Crippen LogP contribution is 2.15. The molecule has 0 spiro atoms. The SMILES string of the molecule is CCCn1ncc(NCC(=O)NC(C)(C)C)c(Br)c1=O. The van der Waals surface area contributed by atoms with Crippen LogP contribution >= 0.6 is 15.9 Å². The molecular formula is C13H21BrN4O2. The molecule has 1 rings (SSSR count). The summed E-state index contributed by atoms with van der Waals surface area (Å²) in [5.74, 6) is -0.137. The second-order valence-electron chi connectivity index (χ2n) is 5.55. The first-order chi connectivity index (χ1) is 9.24. The summed E-state index contributed by atoms with van der Waals surface area (Å²) in [6.07, 6.45) is 2.38. The van der Waals surface area contributed by atoms with Gasteiger partial charge in [-0.05, 0) is 43.1 Å². The number of amides is 1. The number of carbonyl (C=O) groups is 1. The van der Waals surface area contributed by atoms with Gasteiger partial charge in [-0.1, -0.05) is 6.92 Å². The fourth-order valence-electron chi connectivity index (χ4n) is 1.60. The van der Waals surface area contributed by atoms with Crippen LogP contribution in [0.3, 0.4) is 0 Å². The molecule has 112 valence electrons. The summed E-state index contributed by atoms with van der Waals surface area (Å²) in [4.78, 5) is 23.7. The van der Waals surface area contributed by atoms with Gasteiger partial charge in [0.25, 0.3) is 5.56 Å². The van der Waals surface area contributed by atoms with E-state index in [4.69, 9.17) is 0 Å². The summed E-state index contributed by atoms with van der Waals surface area (Å²) in [6.45, 7) is 8.37. The maximum absolute atomic E-state index is 12.0. The van der Waals surface area contributed by atoms with Crippen LogP contribution in [0.1, 0.15) is 34.1 Å². The largest absolute Gasteiger partial charge is 0.374 e. The Morgan fingerprint density at radius 3 is 2.65 bits per heavy atom. The van der Waals surface area contributed by atoms with E-state index in [0.29, 0.717) is 16.7 Å². The van der Waals surface area contributed by atoms with E-state index in [-0.39, 0.29) is 23.6 Å². The van der Waals surface area contributed by atoms with Crippen molar-refractivity contribution >= 4 is 27.5 Å². The molecule has 0 saturated carbocycles. The predicted molar refractivity (Wildman–Crippen MR) is 82.9 cm³/mol. The average Bonchev–Trinajstić information content (AvgIpc) is 2.32. The van der Waals surface area contributed by atoms with Crippen LogP contribution in [0.5, 0.6) is 0 Å². The molecule has 0 atom stereocenters. The van der Waals surface area contributed by atoms with Gasteiger partial charge in [0.15, 0.2) is 0 Å². The van der Waals surface area contributed by atoms with Crippen LogP contribution in [-0.4, -0.2) is 27.8 Å². The number of nitrogens with one attached hydrogen (secondary N) is 2. The highest BCUT2D eigenvalue weighted by molar-refractivity contribution is 9.10. The topological polar surface area (TPSA) is 76.0 Å². The minimum absolute atomic E-state index is 0.0920. The zero-order valence-corrected chi connectivity index (χ0v) is 13.9. The van der Waals surface area contributed by atoms with Gasteiger partial charge in [-0.25, -0.2) is 4.68 Å². The summed E-state index contributed by atoms with van der Waals surface area (Å²) in [5, 5.41) is 9.81. The number of aromatic nitrogens is 2. The van der Waals surface area contributed by atoms with Crippen molar-refractivity contribution in [2.75, 3.05) is 11.9 Å². The Morgan fingerprint density at radius 2 is 2.10 bits per heavy atom. The lowest BCUT2D eigenvalue weighted by Gasteiger charge is -2.20. The van der Waals surface area contributed by atoms with Crippen LogP contribution in [0, 0.1) is 0 Å². The number of rotatable bonds is 5. The standard InChI is InChI=1S/C13H21BrN4O2/c1-5-6-18-12(20)11(14)9(7-16-18)15-8-10(19)17-13(2,3)4/h7,15H,5-6,8H2,1-4H3,(H,17,19). The summed E-state index contributed by atoms with van der Waals surface area (Å²) in [7, 11) is 0. The van der Waals surface area contributed by atoms with Crippen molar-refractivity contribution in [2.45, 2.75) is 46.2 Å². The first-order valence-corrected chi connectivity index (χ1v) is 7.34. The maximum atomic E-state index is 12.0. The Kier molecular flexibility index (Phi) is 5.74. The van der Waals surface area contributed by atoms with Crippen molar-refractivity contribution in [3.05, 3.63) is 21.0 Å². The van der Waals surface area contributed by atoms with Crippen LogP contribution in [0.4, 0.5) is 5.69 Å². The Labute approximate surface area is 127 Å². The van der Waals surface area contributed by atoms with Crippen molar-refractivity contribution in [1.82, 2.24) is 15.1 Å². The van der Waals surface area contributed by atoms with E-state index in [1.807, 2.05) is 27.7 Å². The van der Waals surface area contributed by atoms with Crippen LogP contribution in [-0.2, 0) is 11.3 Å². The lowest BCUT2D eigenvalue weighted by molar-refractivity contribution is -0.120. The summed E-state index contributed by atoms with van der Waals surface area (Å²) in [5.41, 5.74) is 0.0400. The van der Waals surface area contributed by atoms with E-state index < -0.39 is 0 Å². The molecule has 0 saturated heterocycles. The molecule has 0 aromatic carbocycles. The molecule has 7 heteroatoms. The van der Waals surface area contributed by atoms with Crippen molar-refractivity contribution in [3.8, 4) is 0 Å². The number of hydrogen-bond acceptors (Lipinski definition) is 4. The third kappa shape index (κ3) is 4.96. The van der Waals surface area contributed by atoms with Crippen molar-refractivity contribution < 1.29 is 4.79 Å². The third-order valence-electron chi connectivity index (χ3n) is 2.37. The summed E-state index contributed by atoms with van der Waals surface area (Å²) < 4.78 is 1.79. The minimum Gasteiger partial charge on any atom is -0.374 e. The highest BCUT2D eigenvalue weighted by Gasteiger charge is 2.14. The Morgan fingerprint density at radius 1 is 1.45 bits per heavy atom. The quantitative estimate of drug-likeness (QED) is 0.852. The van der Waals surface area contributed by atoms with Crippen molar-refractivity contribution in [3.63, 3.8) is 0 Å². The molecule has 1 amide bonds. The molecule has 6 nitrogen and oxygen atoms in total. The van der Waals surface area contributed by atoms with Crippen molar-refractivity contribution in [1.29, 1.82) is 0 Å². The first-order valence-electron chi connectivity index (χ1n) is 6.55. The zero-order chi connectivity index (χ0) is 15.3. The average molecular weight is 345 g/mol. The molecule has 0 aliphatic heterocycles. The van der Waals surface area contributed by atoms with Gasteiger partial charge in [0.2, 0.25) is 5.91 Å². The van der Waals surface area contributed by atoms with Gasteiger partial charge in [0.1, 0.15) is 4.47 Å². The Balaban J connectivity index is 2.73. The zero-order valence-electron chi connectivity index (χ0n) is 12.3. The number of anilines is 1. The molecule has 0 unspecified atom stereocenters. The van der Waals surface area contributed by atoms with Gasteiger partial charge in [0, 0.05) is 12.1 Å². The molecule has 1 aromatic heterocycles. The van der Waals surface area contributed by atoms with Crippen LogP contribution in [0.25, 0.3) is 0 Å². The lowest BCUT2D eigenvalue weighted by atomic mass is 10.1. The summed E-state index contributed by atoms with van der Waals surface area (Å²) >= 11 is 3.25. The van der Waals surface area contributed by atoms with Gasteiger partial charge in [-0.15, -0.1) is 0 Å². The molecule has 0 radical (unpaired) electrons. The van der Waals surface area contributed by atoms with Gasteiger partial charge in [-0.3, -0.25) is 9.59 Å². The molecule has 0 aliphatic rings. The van der Waals surface area contributed by atoms with Crippen molar-refractivity contribution in [2.24, 2.45) is 0 Å². The van der Waals surface area contributed by atoms with Gasteiger partial charge in [-0.2, -0.15) is 5.10 Å². The number of halogens is 1. The first kappa shape index (κ1) is 16.7. The Hall–Kier alpha value is -1.37. The number of hydrogen-bond donors (Lipinski definition) is 2. The number of carbonyl (C=O) groups excluding carboxylic acids is 1. The fourth-order valence-corrected chi connectivity index (χ4v) is 2.04. The molecule has 2 N–H and O–H groups in total. The van der Waals surface area contributed by atoms with Crippen LogP contribution in [0.15, 0.2) is 15.5 Å². The normalized spacial score (nSPS) is 11.2. The van der Waals surface area contributed by atoms with E-state index in [0.717, 1.165) is 6.42 Å². The van der Waals surface area contributed by atoms with Gasteiger partial charge < -0.3 is 10.6 Å². The van der Waals surface area contributed by atoms with Gasteiger partial charge in [0.05, 0.1) is 18.4 Å². The van der Waals surface area contributed by atoms with E-state index in [2.05, 4.69) is 31.7 Å². The molecule has 0 aliphatic carbocycles. The minimum atomic E-state index is -0.279. The number of nitrogens with zero attached hydrogens (tertiary/aromatic N) is 2. The van der Waals surface area contributed by atoms with Crippen LogP contribution in [0.2, 0.25) is 0 Å². The second-order valence-corrected chi connectivity index (χ2v) is 6.35. The van der Waals surface area contributed by atoms with E-state index in [9.17, 15) is 9.59 Å². The third-order valence-corrected chi connectivity index (χ3v) is 3.14.